The van der Waals surface area contributed by atoms with Crippen molar-refractivity contribution in [2.75, 3.05) is 0 Å². The first kappa shape index (κ1) is 22.1. The number of nitrogens with zero attached hydrogens (tertiary/aromatic N) is 1. The number of esters is 1. The van der Waals surface area contributed by atoms with E-state index < -0.39 is 28.5 Å². The number of aromatic hydroxyl groups is 1. The number of carbonyl (C=O) groups is 2. The van der Waals surface area contributed by atoms with E-state index in [0.717, 1.165) is 18.2 Å². The Labute approximate surface area is 172 Å². The number of rotatable bonds is 5. The third-order valence-corrected chi connectivity index (χ3v) is 4.34. The molecule has 0 fully saturated rings. The van der Waals surface area contributed by atoms with E-state index in [9.17, 15) is 29.9 Å². The molecule has 30 heavy (non-hydrogen) atoms. The molecule has 9 heteroatoms. The molecule has 0 spiro atoms. The summed E-state index contributed by atoms with van der Waals surface area (Å²) in [5, 5.41) is 34.0. The maximum atomic E-state index is 12.8. The van der Waals surface area contributed by atoms with E-state index in [2.05, 4.69) is 23.3 Å². The summed E-state index contributed by atoms with van der Waals surface area (Å²) < 4.78 is 4.93. The van der Waals surface area contributed by atoms with Gasteiger partial charge in [-0.05, 0) is 26.0 Å². The predicted octanol–water partition coefficient (Wildman–Crippen LogP) is 2.54. The molecule has 1 unspecified atom stereocenters. The van der Waals surface area contributed by atoms with Crippen molar-refractivity contribution in [3.05, 3.63) is 56.4 Å². The van der Waals surface area contributed by atoms with Gasteiger partial charge in [0, 0.05) is 35.9 Å². The predicted molar refractivity (Wildman–Crippen MR) is 106 cm³/mol. The molecule has 1 atom stereocenters. The zero-order valence-electron chi connectivity index (χ0n) is 16.2. The minimum Gasteiger partial charge on any atom is -0.508 e. The number of carboxylic acids is 1. The minimum atomic E-state index is -1.39. The maximum absolute atomic E-state index is 12.8. The van der Waals surface area contributed by atoms with Crippen LogP contribution >= 0.6 is 0 Å². The number of phenols is 1. The van der Waals surface area contributed by atoms with E-state index in [1.807, 2.05) is 0 Å². The van der Waals surface area contributed by atoms with Crippen LogP contribution in [0.2, 0.25) is 0 Å². The number of terminal acetylenes is 1. The van der Waals surface area contributed by atoms with Gasteiger partial charge < -0.3 is 20.3 Å². The van der Waals surface area contributed by atoms with Gasteiger partial charge in [0.2, 0.25) is 0 Å². The van der Waals surface area contributed by atoms with Crippen LogP contribution in [0.5, 0.6) is 5.75 Å². The van der Waals surface area contributed by atoms with Gasteiger partial charge in [-0.25, -0.2) is 9.59 Å². The zero-order valence-corrected chi connectivity index (χ0v) is 16.2. The second kappa shape index (κ2) is 9.30. The van der Waals surface area contributed by atoms with Crippen molar-refractivity contribution in [2.24, 2.45) is 0 Å². The highest BCUT2D eigenvalue weighted by atomic mass is 16.6. The molecule has 9 nitrogen and oxygen atoms in total. The Morgan fingerprint density at radius 3 is 2.53 bits per heavy atom. The number of carbonyl (C=O) groups excluding carboxylic acids is 1. The smallest absolute Gasteiger partial charge is 0.350 e. The van der Waals surface area contributed by atoms with E-state index in [-0.39, 0.29) is 33.9 Å². The number of aliphatic carboxylic acids is 1. The molecule has 3 N–H and O–H groups in total. The molecular weight excluding hydrogens is 392 g/mol. The fraction of sp³-hybridized carbons (Fsp3) is 0.238. The Morgan fingerprint density at radius 1 is 1.27 bits per heavy atom. The van der Waals surface area contributed by atoms with Gasteiger partial charge in [0.25, 0.3) is 5.69 Å². The van der Waals surface area contributed by atoms with E-state index in [4.69, 9.17) is 11.2 Å². The van der Waals surface area contributed by atoms with Gasteiger partial charge in [0.1, 0.15) is 11.9 Å². The standard InChI is InChI=1S/C21H18N2O7/c1-4-5-6-7-10-30-21(27)18-13(3)22-12(2)17(20(25)26)19(18)15-11-14(24)8-9-16(15)23(28)29/h1,8-9,11,19,22,24H,5-6H2,2-3H3,(H,25,26). The zero-order chi connectivity index (χ0) is 22.4. The normalized spacial score (nSPS) is 15.4. The summed E-state index contributed by atoms with van der Waals surface area (Å²) in [6.45, 7) is 2.97. The number of nitro benzene ring substituents is 1. The van der Waals surface area contributed by atoms with Crippen molar-refractivity contribution in [1.82, 2.24) is 5.32 Å². The first-order chi connectivity index (χ1) is 14.2. The van der Waals surface area contributed by atoms with E-state index in [0.29, 0.717) is 12.8 Å². The second-order valence-electron chi connectivity index (χ2n) is 6.31. The summed E-state index contributed by atoms with van der Waals surface area (Å²) in [5.74, 6) is 0.885. The van der Waals surface area contributed by atoms with Crippen molar-refractivity contribution in [2.45, 2.75) is 32.6 Å². The number of ether oxygens (including phenoxy) is 1. The molecule has 0 amide bonds. The first-order valence-corrected chi connectivity index (χ1v) is 8.70. The van der Waals surface area contributed by atoms with Gasteiger partial charge in [0.15, 0.2) is 0 Å². The monoisotopic (exact) mass is 410 g/mol. The van der Waals surface area contributed by atoms with E-state index in [1.165, 1.54) is 13.8 Å². The van der Waals surface area contributed by atoms with Gasteiger partial charge in [-0.2, -0.15) is 0 Å². The van der Waals surface area contributed by atoms with Gasteiger partial charge >= 0.3 is 11.9 Å². The number of nitrogens with one attached hydrogen (secondary N) is 1. The Balaban J connectivity index is 2.64. The van der Waals surface area contributed by atoms with Crippen LogP contribution in [0.25, 0.3) is 0 Å². The molecule has 1 aliphatic heterocycles. The summed E-state index contributed by atoms with van der Waals surface area (Å²) in [5.41, 5.74) is -0.636. The molecule has 1 aromatic rings. The van der Waals surface area contributed by atoms with Crippen LogP contribution in [0.1, 0.15) is 38.2 Å². The van der Waals surface area contributed by atoms with Gasteiger partial charge in [-0.3, -0.25) is 10.1 Å². The lowest BCUT2D eigenvalue weighted by Gasteiger charge is -2.28. The lowest BCUT2D eigenvalue weighted by atomic mass is 9.79. The van der Waals surface area contributed by atoms with Crippen LogP contribution in [-0.2, 0) is 14.3 Å². The van der Waals surface area contributed by atoms with Crippen LogP contribution in [0.4, 0.5) is 5.69 Å². The molecule has 0 bridgehead atoms. The number of dihydropyridines is 1. The molecule has 1 aromatic carbocycles. The highest BCUT2D eigenvalue weighted by molar-refractivity contribution is 5.99. The lowest BCUT2D eigenvalue weighted by molar-refractivity contribution is -0.385. The van der Waals surface area contributed by atoms with Crippen LogP contribution in [0.3, 0.4) is 0 Å². The number of hydrogen-bond acceptors (Lipinski definition) is 7. The Morgan fingerprint density at radius 2 is 1.93 bits per heavy atom. The van der Waals surface area contributed by atoms with Crippen LogP contribution < -0.4 is 5.32 Å². The topological polar surface area (TPSA) is 139 Å². The highest BCUT2D eigenvalue weighted by Crippen LogP contribution is 2.43. The molecule has 154 valence electrons. The Hall–Kier alpha value is -4.24. The molecule has 0 radical (unpaired) electrons. The summed E-state index contributed by atoms with van der Waals surface area (Å²) in [4.78, 5) is 35.5. The summed E-state index contributed by atoms with van der Waals surface area (Å²) in [7, 11) is 0. The number of allylic oxidation sites excluding steroid dienone is 2. The molecular formula is C21H18N2O7. The van der Waals surface area contributed by atoms with Crippen molar-refractivity contribution in [3.63, 3.8) is 0 Å². The summed E-state index contributed by atoms with van der Waals surface area (Å²) in [6, 6.07) is 3.20. The number of carboxylic acid groups (broad SMARTS) is 1. The third-order valence-electron chi connectivity index (χ3n) is 4.34. The molecule has 0 saturated heterocycles. The molecule has 1 heterocycles. The molecule has 2 rings (SSSR count). The Kier molecular flexibility index (Phi) is 6.84. The van der Waals surface area contributed by atoms with Crippen molar-refractivity contribution >= 4 is 17.6 Å². The second-order valence-corrected chi connectivity index (χ2v) is 6.31. The van der Waals surface area contributed by atoms with Crippen LogP contribution in [0, 0.1) is 34.5 Å². The number of benzene rings is 1. The largest absolute Gasteiger partial charge is 0.508 e. The number of hydrogen-bond donors (Lipinski definition) is 3. The van der Waals surface area contributed by atoms with E-state index in [1.54, 1.807) is 0 Å². The number of unbranched alkanes of at least 4 members (excludes halogenated alkanes) is 1. The quantitative estimate of drug-likeness (QED) is 0.221. The summed E-state index contributed by atoms with van der Waals surface area (Å²) in [6.07, 6.45) is 7.98. The van der Waals surface area contributed by atoms with E-state index >= 15 is 0 Å². The lowest BCUT2D eigenvalue weighted by Crippen LogP contribution is -2.31. The minimum absolute atomic E-state index is 0.162. The molecule has 1 aliphatic rings. The summed E-state index contributed by atoms with van der Waals surface area (Å²) >= 11 is 0. The van der Waals surface area contributed by atoms with Crippen molar-refractivity contribution in [1.29, 1.82) is 0 Å². The van der Waals surface area contributed by atoms with Crippen LogP contribution in [0.15, 0.2) is 40.7 Å². The molecule has 0 aromatic heterocycles. The number of nitro groups is 1. The van der Waals surface area contributed by atoms with Crippen molar-refractivity contribution < 1.29 is 29.5 Å². The van der Waals surface area contributed by atoms with Crippen LogP contribution in [-0.4, -0.2) is 27.1 Å². The average molecular weight is 410 g/mol. The number of phenolic OH excluding ortho intramolecular Hbond substituents is 1. The van der Waals surface area contributed by atoms with Crippen molar-refractivity contribution in [3.8, 4) is 30.1 Å². The maximum Gasteiger partial charge on any atom is 0.350 e. The fourth-order valence-corrected chi connectivity index (χ4v) is 3.12. The van der Waals surface area contributed by atoms with Gasteiger partial charge in [-0.1, -0.05) is 5.92 Å². The molecule has 0 saturated carbocycles. The fourth-order valence-electron chi connectivity index (χ4n) is 3.12. The Bertz CT molecular complexity index is 1080. The average Bonchev–Trinajstić information content (AvgIpc) is 2.66. The van der Waals surface area contributed by atoms with Gasteiger partial charge in [-0.15, -0.1) is 12.3 Å². The first-order valence-electron chi connectivity index (χ1n) is 8.70. The molecule has 0 aliphatic carbocycles. The van der Waals surface area contributed by atoms with Gasteiger partial charge in [0.05, 0.1) is 22.0 Å². The third kappa shape index (κ3) is 4.59. The highest BCUT2D eigenvalue weighted by Gasteiger charge is 2.40. The SMILES string of the molecule is C#CCCC#COC(=O)C1=C(C)NC(C)=C(C(=O)O)C1c1cc(O)ccc1[N+](=O)[O-].